The number of nitrogens with two attached hydrogens (primary N) is 2. The molecule has 1 atom stereocenters. The standard InChI is InChI=1S/C17H22N4O5.ClH/c18-9-15(23)21-7-6-20(10-14(19)22)17(25)13(21)8-16(24)26-11-12-4-2-1-3-5-12;/h1-5,13H,6-11,18H2,(H2,19,22);1H. The van der Waals surface area contributed by atoms with Gasteiger partial charge in [-0.1, -0.05) is 30.3 Å². The molecular formula is C17H23ClN4O5. The molecule has 4 N–H and O–H groups in total. The number of rotatable bonds is 7. The SMILES string of the molecule is Cl.NCC(=O)N1CCN(CC(N)=O)C(=O)C1CC(=O)OCc1ccccc1. The molecule has 0 radical (unpaired) electrons. The second-order valence-electron chi connectivity index (χ2n) is 5.88. The molecule has 1 aliphatic heterocycles. The smallest absolute Gasteiger partial charge is 0.308 e. The number of hydrogen-bond acceptors (Lipinski definition) is 6. The van der Waals surface area contributed by atoms with Gasteiger partial charge in [-0.25, -0.2) is 0 Å². The van der Waals surface area contributed by atoms with Crippen molar-refractivity contribution in [3.63, 3.8) is 0 Å². The van der Waals surface area contributed by atoms with Gasteiger partial charge >= 0.3 is 5.97 Å². The monoisotopic (exact) mass is 398 g/mol. The van der Waals surface area contributed by atoms with Gasteiger partial charge in [-0.05, 0) is 5.56 Å². The van der Waals surface area contributed by atoms with Gasteiger partial charge in [0.05, 0.1) is 19.5 Å². The zero-order chi connectivity index (χ0) is 19.1. The Morgan fingerprint density at radius 2 is 1.81 bits per heavy atom. The molecule has 1 aromatic carbocycles. The van der Waals surface area contributed by atoms with Crippen LogP contribution in [-0.2, 0) is 30.5 Å². The Kier molecular flexibility index (Phi) is 8.70. The van der Waals surface area contributed by atoms with Crippen LogP contribution < -0.4 is 11.5 Å². The molecule has 1 unspecified atom stereocenters. The third-order valence-corrected chi connectivity index (χ3v) is 4.03. The van der Waals surface area contributed by atoms with Gasteiger partial charge in [0.25, 0.3) is 0 Å². The summed E-state index contributed by atoms with van der Waals surface area (Å²) in [6.45, 7) is -0.150. The van der Waals surface area contributed by atoms with Crippen molar-refractivity contribution in [2.75, 3.05) is 26.2 Å². The maximum absolute atomic E-state index is 12.6. The number of primary amides is 1. The van der Waals surface area contributed by atoms with E-state index in [4.69, 9.17) is 16.2 Å². The molecule has 2 rings (SSSR count). The van der Waals surface area contributed by atoms with E-state index in [2.05, 4.69) is 0 Å². The lowest BCUT2D eigenvalue weighted by molar-refractivity contribution is -0.158. The Balaban J connectivity index is 0.00000364. The maximum atomic E-state index is 12.6. The zero-order valence-corrected chi connectivity index (χ0v) is 15.5. The number of carbonyl (C=O) groups is 4. The Bertz CT molecular complexity index is 685. The molecule has 1 aromatic rings. The fraction of sp³-hybridized carbons (Fsp3) is 0.412. The van der Waals surface area contributed by atoms with Crippen molar-refractivity contribution >= 4 is 36.1 Å². The van der Waals surface area contributed by atoms with E-state index in [1.165, 1.54) is 9.80 Å². The number of amides is 3. The fourth-order valence-corrected chi connectivity index (χ4v) is 2.75. The molecule has 148 valence electrons. The number of halogens is 1. The normalized spacial score (nSPS) is 16.5. The van der Waals surface area contributed by atoms with Crippen LogP contribution in [0.5, 0.6) is 0 Å². The molecule has 1 aliphatic rings. The summed E-state index contributed by atoms with van der Waals surface area (Å²) in [5, 5.41) is 0. The minimum absolute atomic E-state index is 0. The second kappa shape index (κ2) is 10.5. The van der Waals surface area contributed by atoms with Crippen molar-refractivity contribution in [2.24, 2.45) is 11.5 Å². The highest BCUT2D eigenvalue weighted by Crippen LogP contribution is 2.16. The van der Waals surface area contributed by atoms with E-state index in [0.29, 0.717) is 0 Å². The predicted molar refractivity (Wildman–Crippen MR) is 98.4 cm³/mol. The first kappa shape index (κ1) is 22.4. The van der Waals surface area contributed by atoms with Crippen molar-refractivity contribution in [1.82, 2.24) is 9.80 Å². The van der Waals surface area contributed by atoms with Crippen molar-refractivity contribution in [2.45, 2.75) is 19.1 Å². The number of ether oxygens (including phenoxy) is 1. The molecule has 27 heavy (non-hydrogen) atoms. The number of carbonyl (C=O) groups excluding carboxylic acids is 4. The average molecular weight is 399 g/mol. The van der Waals surface area contributed by atoms with Crippen LogP contribution in [-0.4, -0.2) is 65.7 Å². The van der Waals surface area contributed by atoms with E-state index < -0.39 is 29.7 Å². The van der Waals surface area contributed by atoms with Crippen LogP contribution >= 0.6 is 12.4 Å². The molecule has 0 spiro atoms. The summed E-state index contributed by atoms with van der Waals surface area (Å²) in [6.07, 6.45) is -0.313. The number of nitrogens with zero attached hydrogens (tertiary/aromatic N) is 2. The van der Waals surface area contributed by atoms with Gasteiger partial charge in [-0.2, -0.15) is 0 Å². The molecule has 1 fully saturated rings. The van der Waals surface area contributed by atoms with E-state index in [9.17, 15) is 19.2 Å². The second-order valence-corrected chi connectivity index (χ2v) is 5.88. The third-order valence-electron chi connectivity index (χ3n) is 4.03. The van der Waals surface area contributed by atoms with E-state index in [-0.39, 0.29) is 51.6 Å². The lowest BCUT2D eigenvalue weighted by Crippen LogP contribution is -2.61. The first-order valence-corrected chi connectivity index (χ1v) is 8.18. The van der Waals surface area contributed by atoms with Crippen molar-refractivity contribution in [1.29, 1.82) is 0 Å². The number of esters is 1. The van der Waals surface area contributed by atoms with Gasteiger partial charge in [-0.3, -0.25) is 19.2 Å². The van der Waals surface area contributed by atoms with Crippen LogP contribution in [0.3, 0.4) is 0 Å². The summed E-state index contributed by atoms with van der Waals surface area (Å²) < 4.78 is 5.19. The lowest BCUT2D eigenvalue weighted by atomic mass is 10.1. The zero-order valence-electron chi connectivity index (χ0n) is 14.7. The fourth-order valence-electron chi connectivity index (χ4n) is 2.75. The van der Waals surface area contributed by atoms with Crippen LogP contribution in [0, 0.1) is 0 Å². The summed E-state index contributed by atoms with van der Waals surface area (Å²) >= 11 is 0. The van der Waals surface area contributed by atoms with E-state index in [1.54, 1.807) is 12.1 Å². The van der Waals surface area contributed by atoms with E-state index in [0.717, 1.165) is 5.56 Å². The summed E-state index contributed by atoms with van der Waals surface area (Å²) in [5.74, 6) is -2.25. The summed E-state index contributed by atoms with van der Waals surface area (Å²) in [4.78, 5) is 50.3. The average Bonchev–Trinajstić information content (AvgIpc) is 2.63. The molecule has 0 aromatic heterocycles. The van der Waals surface area contributed by atoms with Crippen LogP contribution in [0.25, 0.3) is 0 Å². The quantitative estimate of drug-likeness (QED) is 0.567. The van der Waals surface area contributed by atoms with E-state index >= 15 is 0 Å². The summed E-state index contributed by atoms with van der Waals surface area (Å²) in [7, 11) is 0. The Morgan fingerprint density at radius 1 is 1.15 bits per heavy atom. The van der Waals surface area contributed by atoms with Crippen LogP contribution in [0.4, 0.5) is 0 Å². The van der Waals surface area contributed by atoms with Gasteiger partial charge in [-0.15, -0.1) is 12.4 Å². The highest BCUT2D eigenvalue weighted by molar-refractivity contribution is 5.94. The molecule has 1 heterocycles. The van der Waals surface area contributed by atoms with Crippen LogP contribution in [0.2, 0.25) is 0 Å². The molecule has 0 aliphatic carbocycles. The Labute approximate surface area is 163 Å². The topological polar surface area (TPSA) is 136 Å². The Hall–Kier alpha value is -2.65. The summed E-state index contributed by atoms with van der Waals surface area (Å²) in [5.41, 5.74) is 11.3. The third kappa shape index (κ3) is 6.22. The van der Waals surface area contributed by atoms with Crippen LogP contribution in [0.15, 0.2) is 30.3 Å². The minimum Gasteiger partial charge on any atom is -0.461 e. The lowest BCUT2D eigenvalue weighted by Gasteiger charge is -2.39. The van der Waals surface area contributed by atoms with Gasteiger partial charge in [0, 0.05) is 13.1 Å². The maximum Gasteiger partial charge on any atom is 0.308 e. The predicted octanol–water partition coefficient (Wildman–Crippen LogP) is -0.975. The molecule has 3 amide bonds. The molecular weight excluding hydrogens is 376 g/mol. The highest BCUT2D eigenvalue weighted by Gasteiger charge is 2.39. The first-order chi connectivity index (χ1) is 12.4. The minimum atomic E-state index is -1.05. The molecule has 1 saturated heterocycles. The molecule has 0 bridgehead atoms. The van der Waals surface area contributed by atoms with Gasteiger partial charge < -0.3 is 26.0 Å². The van der Waals surface area contributed by atoms with E-state index in [1.807, 2.05) is 18.2 Å². The van der Waals surface area contributed by atoms with Crippen molar-refractivity contribution < 1.29 is 23.9 Å². The van der Waals surface area contributed by atoms with Gasteiger partial charge in [0.1, 0.15) is 12.6 Å². The summed E-state index contributed by atoms with van der Waals surface area (Å²) in [6, 6.07) is 8.03. The molecule has 0 saturated carbocycles. The Morgan fingerprint density at radius 3 is 2.41 bits per heavy atom. The number of hydrogen-bond donors (Lipinski definition) is 2. The van der Waals surface area contributed by atoms with Crippen molar-refractivity contribution in [3.05, 3.63) is 35.9 Å². The molecule has 9 nitrogen and oxygen atoms in total. The van der Waals surface area contributed by atoms with Gasteiger partial charge in [0.2, 0.25) is 17.7 Å². The number of piperazine rings is 1. The molecule has 10 heteroatoms. The van der Waals surface area contributed by atoms with Gasteiger partial charge in [0.15, 0.2) is 0 Å². The van der Waals surface area contributed by atoms with Crippen LogP contribution in [0.1, 0.15) is 12.0 Å². The highest BCUT2D eigenvalue weighted by atomic mass is 35.5. The first-order valence-electron chi connectivity index (χ1n) is 8.18. The largest absolute Gasteiger partial charge is 0.461 e. The number of benzene rings is 1. The van der Waals surface area contributed by atoms with Crippen molar-refractivity contribution in [3.8, 4) is 0 Å².